The zero-order chi connectivity index (χ0) is 10.6. The SMILES string of the molecule is N=C(CC(=O)O)C(=O)c1ccccc1. The van der Waals surface area contributed by atoms with Crippen molar-refractivity contribution in [2.75, 3.05) is 0 Å². The summed E-state index contributed by atoms with van der Waals surface area (Å²) in [4.78, 5) is 21.6. The third-order valence-electron chi connectivity index (χ3n) is 1.64. The average Bonchev–Trinajstić information content (AvgIpc) is 2.17. The van der Waals surface area contributed by atoms with Crippen LogP contribution in [0.2, 0.25) is 0 Å². The monoisotopic (exact) mass is 191 g/mol. The number of aliphatic carboxylic acids is 1. The Kier molecular flexibility index (Phi) is 3.12. The maximum Gasteiger partial charge on any atom is 0.309 e. The summed E-state index contributed by atoms with van der Waals surface area (Å²) in [7, 11) is 0. The molecule has 1 aromatic carbocycles. The fourth-order valence-electron chi connectivity index (χ4n) is 0.995. The highest BCUT2D eigenvalue weighted by molar-refractivity contribution is 6.46. The molecule has 4 heteroatoms. The molecule has 1 aromatic rings. The second kappa shape index (κ2) is 4.32. The van der Waals surface area contributed by atoms with Crippen LogP contribution in [0.4, 0.5) is 0 Å². The number of hydrogen-bond acceptors (Lipinski definition) is 3. The summed E-state index contributed by atoms with van der Waals surface area (Å²) in [5, 5.41) is 15.6. The molecule has 0 aliphatic rings. The lowest BCUT2D eigenvalue weighted by atomic mass is 10.1. The van der Waals surface area contributed by atoms with E-state index in [0.29, 0.717) is 5.56 Å². The number of nitrogens with one attached hydrogen (secondary N) is 1. The summed E-state index contributed by atoms with van der Waals surface area (Å²) in [5.74, 6) is -1.70. The minimum Gasteiger partial charge on any atom is -0.481 e. The molecule has 0 aliphatic carbocycles. The van der Waals surface area contributed by atoms with Crippen LogP contribution < -0.4 is 0 Å². The maximum absolute atomic E-state index is 11.4. The van der Waals surface area contributed by atoms with Gasteiger partial charge < -0.3 is 10.5 Å². The van der Waals surface area contributed by atoms with E-state index in [0.717, 1.165) is 0 Å². The Hall–Kier alpha value is -1.97. The molecular formula is C10H9NO3. The number of carbonyl (C=O) groups excluding carboxylic acids is 1. The van der Waals surface area contributed by atoms with E-state index in [1.807, 2.05) is 0 Å². The van der Waals surface area contributed by atoms with Crippen LogP contribution >= 0.6 is 0 Å². The largest absolute Gasteiger partial charge is 0.481 e. The lowest BCUT2D eigenvalue weighted by Gasteiger charge is -1.99. The highest BCUT2D eigenvalue weighted by Gasteiger charge is 2.14. The Balaban J connectivity index is 2.76. The average molecular weight is 191 g/mol. The van der Waals surface area contributed by atoms with Gasteiger partial charge in [-0.25, -0.2) is 0 Å². The molecule has 0 saturated heterocycles. The number of hydrogen-bond donors (Lipinski definition) is 2. The molecule has 0 heterocycles. The van der Waals surface area contributed by atoms with Gasteiger partial charge in [-0.1, -0.05) is 30.3 Å². The standard InChI is InChI=1S/C10H9NO3/c11-8(6-9(12)13)10(14)7-4-2-1-3-5-7/h1-5,11H,6H2,(H,12,13). The zero-order valence-electron chi connectivity index (χ0n) is 7.36. The molecule has 14 heavy (non-hydrogen) atoms. The topological polar surface area (TPSA) is 78.2 Å². The van der Waals surface area contributed by atoms with Gasteiger partial charge >= 0.3 is 5.97 Å². The molecule has 0 bridgehead atoms. The van der Waals surface area contributed by atoms with E-state index >= 15 is 0 Å². The number of Topliss-reactive ketones (excluding diaryl/α,β-unsaturated/α-hetero) is 1. The summed E-state index contributed by atoms with van der Waals surface area (Å²) < 4.78 is 0. The fourth-order valence-corrected chi connectivity index (χ4v) is 0.995. The highest BCUT2D eigenvalue weighted by atomic mass is 16.4. The van der Waals surface area contributed by atoms with E-state index in [2.05, 4.69) is 0 Å². The van der Waals surface area contributed by atoms with Gasteiger partial charge in [-0.3, -0.25) is 9.59 Å². The van der Waals surface area contributed by atoms with Crippen LogP contribution in [0, 0.1) is 5.41 Å². The van der Waals surface area contributed by atoms with Crippen LogP contribution in [-0.4, -0.2) is 22.6 Å². The second-order valence-corrected chi connectivity index (χ2v) is 2.74. The van der Waals surface area contributed by atoms with Gasteiger partial charge in [0.2, 0.25) is 5.78 Å². The van der Waals surface area contributed by atoms with E-state index in [1.165, 1.54) is 0 Å². The molecule has 0 unspecified atom stereocenters. The van der Waals surface area contributed by atoms with E-state index in [-0.39, 0.29) is 0 Å². The number of ketones is 1. The van der Waals surface area contributed by atoms with Crippen molar-refractivity contribution in [2.24, 2.45) is 0 Å². The van der Waals surface area contributed by atoms with Crippen molar-refractivity contribution < 1.29 is 14.7 Å². The van der Waals surface area contributed by atoms with Gasteiger partial charge in [-0.05, 0) is 0 Å². The van der Waals surface area contributed by atoms with Crippen LogP contribution in [0.3, 0.4) is 0 Å². The lowest BCUT2D eigenvalue weighted by Crippen LogP contribution is -2.16. The molecule has 0 fully saturated rings. The van der Waals surface area contributed by atoms with Gasteiger partial charge in [0.05, 0.1) is 12.1 Å². The third-order valence-corrected chi connectivity index (χ3v) is 1.64. The van der Waals surface area contributed by atoms with Gasteiger partial charge in [0.15, 0.2) is 0 Å². The van der Waals surface area contributed by atoms with Crippen LogP contribution in [0.25, 0.3) is 0 Å². The Labute approximate surface area is 80.7 Å². The van der Waals surface area contributed by atoms with Gasteiger partial charge in [0.1, 0.15) is 0 Å². The molecule has 0 saturated carbocycles. The summed E-state index contributed by atoms with van der Waals surface area (Å²) >= 11 is 0. The maximum atomic E-state index is 11.4. The molecule has 72 valence electrons. The number of carboxylic acids is 1. The Bertz CT molecular complexity index is 370. The van der Waals surface area contributed by atoms with Crippen LogP contribution in [0.15, 0.2) is 30.3 Å². The predicted molar refractivity (Wildman–Crippen MR) is 50.8 cm³/mol. The summed E-state index contributed by atoms with van der Waals surface area (Å²) in [6.45, 7) is 0. The number of benzene rings is 1. The third kappa shape index (κ3) is 2.52. The minimum atomic E-state index is -1.17. The van der Waals surface area contributed by atoms with Crippen molar-refractivity contribution in [1.82, 2.24) is 0 Å². The summed E-state index contributed by atoms with van der Waals surface area (Å²) in [6.07, 6.45) is -0.534. The predicted octanol–water partition coefficient (Wildman–Crippen LogP) is 1.36. The normalized spacial score (nSPS) is 9.43. The van der Waals surface area contributed by atoms with Crippen molar-refractivity contribution in [3.8, 4) is 0 Å². The first-order valence-electron chi connectivity index (χ1n) is 4.00. The van der Waals surface area contributed by atoms with Gasteiger partial charge in [-0.2, -0.15) is 0 Å². The molecule has 0 radical (unpaired) electrons. The van der Waals surface area contributed by atoms with Crippen LogP contribution in [0.1, 0.15) is 16.8 Å². The van der Waals surface area contributed by atoms with Crippen LogP contribution in [-0.2, 0) is 4.79 Å². The lowest BCUT2D eigenvalue weighted by molar-refractivity contribution is -0.135. The van der Waals surface area contributed by atoms with Crippen molar-refractivity contribution in [2.45, 2.75) is 6.42 Å². The number of rotatable bonds is 4. The van der Waals surface area contributed by atoms with Crippen molar-refractivity contribution in [3.05, 3.63) is 35.9 Å². The van der Waals surface area contributed by atoms with E-state index in [4.69, 9.17) is 10.5 Å². The number of carboxylic acid groups (broad SMARTS) is 1. The highest BCUT2D eigenvalue weighted by Crippen LogP contribution is 2.02. The van der Waals surface area contributed by atoms with Gasteiger partial charge in [-0.15, -0.1) is 0 Å². The quantitative estimate of drug-likeness (QED) is 0.557. The molecule has 0 spiro atoms. The Morgan fingerprint density at radius 2 is 1.79 bits per heavy atom. The van der Waals surface area contributed by atoms with Crippen molar-refractivity contribution in [3.63, 3.8) is 0 Å². The minimum absolute atomic E-state index is 0.346. The fraction of sp³-hybridized carbons (Fsp3) is 0.100. The molecule has 1 rings (SSSR count). The Morgan fingerprint density at radius 1 is 1.21 bits per heavy atom. The van der Waals surface area contributed by atoms with Crippen LogP contribution in [0.5, 0.6) is 0 Å². The van der Waals surface area contributed by atoms with Crippen molar-refractivity contribution >= 4 is 17.5 Å². The van der Waals surface area contributed by atoms with Gasteiger partial charge in [0, 0.05) is 5.56 Å². The number of carbonyl (C=O) groups is 2. The second-order valence-electron chi connectivity index (χ2n) is 2.74. The van der Waals surface area contributed by atoms with Crippen molar-refractivity contribution in [1.29, 1.82) is 5.41 Å². The molecule has 0 atom stereocenters. The van der Waals surface area contributed by atoms with Gasteiger partial charge in [0.25, 0.3) is 0 Å². The van der Waals surface area contributed by atoms with E-state index in [1.54, 1.807) is 30.3 Å². The smallest absolute Gasteiger partial charge is 0.309 e. The summed E-state index contributed by atoms with van der Waals surface area (Å²) in [5.41, 5.74) is -0.0533. The molecule has 4 nitrogen and oxygen atoms in total. The molecule has 0 aliphatic heterocycles. The molecular weight excluding hydrogens is 182 g/mol. The molecule has 0 aromatic heterocycles. The zero-order valence-corrected chi connectivity index (χ0v) is 7.36. The summed E-state index contributed by atoms with van der Waals surface area (Å²) in [6, 6.07) is 8.19. The molecule has 2 N–H and O–H groups in total. The van der Waals surface area contributed by atoms with E-state index in [9.17, 15) is 9.59 Å². The van der Waals surface area contributed by atoms with E-state index < -0.39 is 23.9 Å². The first-order chi connectivity index (χ1) is 6.61. The Morgan fingerprint density at radius 3 is 2.29 bits per heavy atom. The first-order valence-corrected chi connectivity index (χ1v) is 4.00. The molecule has 0 amide bonds. The first kappa shape index (κ1) is 10.1.